The first-order valence-corrected chi connectivity index (χ1v) is 7.68. The summed E-state index contributed by atoms with van der Waals surface area (Å²) in [4.78, 5) is 1.63. The van der Waals surface area contributed by atoms with Crippen LogP contribution in [0.25, 0.3) is 11.9 Å². The zero-order chi connectivity index (χ0) is 18.6. The van der Waals surface area contributed by atoms with E-state index in [1.54, 1.807) is 30.3 Å². The third-order valence-electron chi connectivity index (χ3n) is 4.31. The van der Waals surface area contributed by atoms with E-state index in [0.717, 1.165) is 12.1 Å². The minimum atomic E-state index is -4.45. The minimum Gasteiger partial charge on any atom is -0.492 e. The van der Waals surface area contributed by atoms with E-state index >= 15 is 0 Å². The van der Waals surface area contributed by atoms with Gasteiger partial charge in [0.25, 0.3) is 0 Å². The number of nitrogens with zero attached hydrogens (tertiary/aromatic N) is 2. The average molecular weight is 363 g/mol. The van der Waals surface area contributed by atoms with Gasteiger partial charge in [0.05, 0.1) is 11.3 Å². The maximum atomic E-state index is 14.5. The van der Waals surface area contributed by atoms with Crippen LogP contribution in [0.1, 0.15) is 5.56 Å². The van der Waals surface area contributed by atoms with E-state index in [2.05, 4.69) is 5.43 Å². The van der Waals surface area contributed by atoms with Gasteiger partial charge in [0.1, 0.15) is 17.2 Å². The Kier molecular flexibility index (Phi) is 3.40. The van der Waals surface area contributed by atoms with E-state index in [1.165, 1.54) is 23.2 Å². The fourth-order valence-electron chi connectivity index (χ4n) is 3.16. The summed E-state index contributed by atoms with van der Waals surface area (Å²) in [7, 11) is 1.69. The van der Waals surface area contributed by atoms with Crippen molar-refractivity contribution in [2.24, 2.45) is 0 Å². The Morgan fingerprint density at radius 3 is 2.35 bits per heavy atom. The fraction of sp³-hybridized carbons (Fsp3) is 0.111. The van der Waals surface area contributed by atoms with Crippen molar-refractivity contribution in [2.45, 2.75) is 6.18 Å². The van der Waals surface area contributed by atoms with Crippen molar-refractivity contribution in [2.75, 3.05) is 12.1 Å². The molecule has 0 fully saturated rings. The number of aliphatic hydroxyl groups excluding tert-OH is 1. The van der Waals surface area contributed by atoms with Crippen molar-refractivity contribution in [3.8, 4) is 0 Å². The van der Waals surface area contributed by atoms with Crippen molar-refractivity contribution in [1.82, 2.24) is 10.3 Å². The number of alkyl halides is 3. The van der Waals surface area contributed by atoms with Gasteiger partial charge < -0.3 is 10.0 Å². The molecule has 2 aromatic carbocycles. The first-order chi connectivity index (χ1) is 12.3. The molecule has 134 valence electrons. The molecule has 4 rings (SSSR count). The number of hydrogen-bond acceptors (Lipinski definition) is 4. The van der Waals surface area contributed by atoms with Crippen LogP contribution in [0.3, 0.4) is 0 Å². The Bertz CT molecular complexity index is 1040. The molecule has 0 radical (unpaired) electrons. The third kappa shape index (κ3) is 2.37. The predicted molar refractivity (Wildman–Crippen MR) is 88.0 cm³/mol. The summed E-state index contributed by atoms with van der Waals surface area (Å²) in [5, 5.41) is 12.5. The Morgan fingerprint density at radius 2 is 1.69 bits per heavy atom. The quantitative estimate of drug-likeness (QED) is 0.764. The van der Waals surface area contributed by atoms with E-state index in [-0.39, 0.29) is 11.1 Å². The molecule has 4 nitrogen and oxygen atoms in total. The zero-order valence-corrected chi connectivity index (χ0v) is 13.5. The molecule has 0 unspecified atom stereocenters. The van der Waals surface area contributed by atoms with Gasteiger partial charge in [-0.05, 0) is 30.3 Å². The Labute approximate surface area is 145 Å². The molecule has 26 heavy (non-hydrogen) atoms. The molecular formula is C18H13F4N3O. The second kappa shape index (κ2) is 5.42. The van der Waals surface area contributed by atoms with Gasteiger partial charge in [0, 0.05) is 23.7 Å². The lowest BCUT2D eigenvalue weighted by Gasteiger charge is -2.26. The van der Waals surface area contributed by atoms with Crippen LogP contribution in [0.15, 0.2) is 54.0 Å². The molecule has 0 aromatic heterocycles. The molecule has 2 aliphatic heterocycles. The van der Waals surface area contributed by atoms with Gasteiger partial charge >= 0.3 is 6.18 Å². The molecule has 0 spiro atoms. The molecule has 2 heterocycles. The number of benzene rings is 2. The summed E-state index contributed by atoms with van der Waals surface area (Å²) in [6.07, 6.45) is -2.78. The van der Waals surface area contributed by atoms with Gasteiger partial charge in [-0.25, -0.2) is 4.39 Å². The summed E-state index contributed by atoms with van der Waals surface area (Å²) in [6.45, 7) is 0. The number of aliphatic hydroxyl groups is 1. The highest BCUT2D eigenvalue weighted by atomic mass is 19.4. The lowest BCUT2D eigenvalue weighted by Crippen LogP contribution is -2.43. The summed E-state index contributed by atoms with van der Waals surface area (Å²) in [6, 6.07) is 8.98. The summed E-state index contributed by atoms with van der Waals surface area (Å²) >= 11 is 0. The van der Waals surface area contributed by atoms with Crippen molar-refractivity contribution >= 4 is 17.6 Å². The Hall–Kier alpha value is -3.16. The SMILES string of the molecule is CN1C=c2cccc(F)c2=C2C1=C(O)NN2c1ccc(C(F)(F)F)cc1. The van der Waals surface area contributed by atoms with Crippen molar-refractivity contribution in [3.63, 3.8) is 0 Å². The van der Waals surface area contributed by atoms with Gasteiger partial charge in [0.2, 0.25) is 5.88 Å². The van der Waals surface area contributed by atoms with Crippen LogP contribution in [0.2, 0.25) is 0 Å². The predicted octanol–water partition coefficient (Wildman–Crippen LogP) is 2.39. The summed E-state index contributed by atoms with van der Waals surface area (Å²) in [5.41, 5.74) is 2.90. The number of fused-ring (bicyclic) bond motifs is 2. The zero-order valence-electron chi connectivity index (χ0n) is 13.5. The average Bonchev–Trinajstić information content (AvgIpc) is 2.92. The first-order valence-electron chi connectivity index (χ1n) is 7.68. The van der Waals surface area contributed by atoms with E-state index in [1.807, 2.05) is 0 Å². The van der Waals surface area contributed by atoms with Crippen molar-refractivity contribution in [1.29, 1.82) is 0 Å². The third-order valence-corrected chi connectivity index (χ3v) is 4.31. The number of hydrazine groups is 1. The van der Waals surface area contributed by atoms with Gasteiger partial charge in [-0.15, -0.1) is 0 Å². The van der Waals surface area contributed by atoms with Crippen LogP contribution in [0.5, 0.6) is 0 Å². The highest BCUT2D eigenvalue weighted by molar-refractivity contribution is 5.83. The van der Waals surface area contributed by atoms with Crippen LogP contribution in [0, 0.1) is 5.82 Å². The van der Waals surface area contributed by atoms with Crippen molar-refractivity contribution in [3.05, 3.63) is 75.9 Å². The largest absolute Gasteiger partial charge is 0.492 e. The van der Waals surface area contributed by atoms with Crippen LogP contribution in [0.4, 0.5) is 23.2 Å². The molecule has 0 aliphatic carbocycles. The van der Waals surface area contributed by atoms with E-state index < -0.39 is 17.6 Å². The lowest BCUT2D eigenvalue weighted by atomic mass is 10.1. The number of halogens is 4. The summed E-state index contributed by atoms with van der Waals surface area (Å²) < 4.78 is 52.9. The van der Waals surface area contributed by atoms with Gasteiger partial charge in [0.15, 0.2) is 0 Å². The molecule has 0 atom stereocenters. The topological polar surface area (TPSA) is 38.7 Å². The first kappa shape index (κ1) is 16.3. The molecule has 0 saturated carbocycles. The molecule has 2 aliphatic rings. The minimum absolute atomic E-state index is 0.215. The lowest BCUT2D eigenvalue weighted by molar-refractivity contribution is -0.137. The molecule has 8 heteroatoms. The molecule has 2 N–H and O–H groups in total. The number of hydrogen-bond donors (Lipinski definition) is 2. The van der Waals surface area contributed by atoms with Gasteiger partial charge in [-0.3, -0.25) is 10.4 Å². The van der Waals surface area contributed by atoms with E-state index in [9.17, 15) is 22.7 Å². The number of nitrogens with one attached hydrogen (secondary N) is 1. The van der Waals surface area contributed by atoms with Gasteiger partial charge in [-0.1, -0.05) is 12.1 Å². The Morgan fingerprint density at radius 1 is 1.00 bits per heavy atom. The normalized spacial score (nSPS) is 16.3. The Balaban J connectivity index is 1.92. The highest BCUT2D eigenvalue weighted by Gasteiger charge is 2.34. The molecule has 0 amide bonds. The molecule has 0 bridgehead atoms. The standard InChI is InChI=1S/C18H13F4N3O/c1-24-9-10-3-2-4-13(19)14(10)15-16(24)17(26)23-25(15)12-7-5-11(6-8-12)18(20,21)22/h2-9,23,26H,1H3. The maximum absolute atomic E-state index is 14.5. The number of rotatable bonds is 1. The fourth-order valence-corrected chi connectivity index (χ4v) is 3.16. The van der Waals surface area contributed by atoms with E-state index in [4.69, 9.17) is 0 Å². The smallest absolute Gasteiger partial charge is 0.416 e. The second-order valence-electron chi connectivity index (χ2n) is 5.98. The van der Waals surface area contributed by atoms with Crippen LogP contribution < -0.4 is 20.9 Å². The number of likely N-dealkylation sites (N-methyl/N-ethyl adjacent to an activating group) is 1. The second-order valence-corrected chi connectivity index (χ2v) is 5.98. The van der Waals surface area contributed by atoms with Crippen LogP contribution >= 0.6 is 0 Å². The van der Waals surface area contributed by atoms with Crippen molar-refractivity contribution < 1.29 is 22.7 Å². The van der Waals surface area contributed by atoms with Crippen LogP contribution in [-0.2, 0) is 6.18 Å². The molecule has 2 aromatic rings. The monoisotopic (exact) mass is 363 g/mol. The summed E-state index contributed by atoms with van der Waals surface area (Å²) in [5.74, 6) is -0.708. The highest BCUT2D eigenvalue weighted by Crippen LogP contribution is 2.34. The molecule has 0 saturated heterocycles. The number of anilines is 1. The maximum Gasteiger partial charge on any atom is 0.416 e. The molecular weight excluding hydrogens is 350 g/mol. The van der Waals surface area contributed by atoms with E-state index in [0.29, 0.717) is 22.3 Å². The van der Waals surface area contributed by atoms with Gasteiger partial charge in [-0.2, -0.15) is 13.2 Å². The van der Waals surface area contributed by atoms with Crippen LogP contribution in [-0.4, -0.2) is 17.1 Å².